The van der Waals surface area contributed by atoms with Crippen molar-refractivity contribution in [1.29, 1.82) is 0 Å². The molecular formula is C11H20N4O2S2. The molecule has 0 aliphatic carbocycles. The molecular weight excluding hydrogens is 284 g/mol. The summed E-state index contributed by atoms with van der Waals surface area (Å²) in [7, 11) is -3.30. The molecule has 0 aromatic carbocycles. The zero-order valence-electron chi connectivity index (χ0n) is 11.3. The lowest BCUT2D eigenvalue weighted by molar-refractivity contribution is 0.254. The molecule has 1 fully saturated rings. The van der Waals surface area contributed by atoms with Gasteiger partial charge in [-0.3, -0.25) is 9.62 Å². The largest absolute Gasteiger partial charge is 0.314 e. The smallest absolute Gasteiger partial charge is 0.235 e. The Labute approximate surface area is 118 Å². The summed E-state index contributed by atoms with van der Waals surface area (Å²) < 4.78 is 26.5. The molecule has 1 aliphatic heterocycles. The molecule has 0 atom stereocenters. The zero-order chi connectivity index (χ0) is 13.9. The number of aryl methyl sites for hydroxylation is 2. The first-order chi connectivity index (χ1) is 8.96. The van der Waals surface area contributed by atoms with Gasteiger partial charge in [-0.1, -0.05) is 0 Å². The van der Waals surface area contributed by atoms with Crippen LogP contribution in [0.15, 0.2) is 0 Å². The van der Waals surface area contributed by atoms with Crippen molar-refractivity contribution >= 4 is 26.5 Å². The third kappa shape index (κ3) is 4.41. The number of rotatable bonds is 5. The molecule has 1 aliphatic rings. The summed E-state index contributed by atoms with van der Waals surface area (Å²) in [5.74, 6) is 0.116. The number of hydrogen-bond donors (Lipinski definition) is 2. The van der Waals surface area contributed by atoms with Gasteiger partial charge in [0.25, 0.3) is 0 Å². The van der Waals surface area contributed by atoms with Gasteiger partial charge in [0.1, 0.15) is 0 Å². The van der Waals surface area contributed by atoms with Gasteiger partial charge >= 0.3 is 0 Å². The van der Waals surface area contributed by atoms with Gasteiger partial charge in [0.2, 0.25) is 10.0 Å². The van der Waals surface area contributed by atoms with Crippen LogP contribution in [0.3, 0.4) is 0 Å². The van der Waals surface area contributed by atoms with E-state index in [2.05, 4.69) is 19.9 Å². The highest BCUT2D eigenvalue weighted by molar-refractivity contribution is 7.92. The molecule has 2 heterocycles. The van der Waals surface area contributed by atoms with Crippen molar-refractivity contribution in [1.82, 2.24) is 15.2 Å². The average Bonchev–Trinajstić information content (AvgIpc) is 2.66. The maximum atomic E-state index is 12.0. The van der Waals surface area contributed by atoms with E-state index in [4.69, 9.17) is 0 Å². The summed E-state index contributed by atoms with van der Waals surface area (Å²) in [5, 5.41) is 3.71. The summed E-state index contributed by atoms with van der Waals surface area (Å²) in [4.78, 5) is 7.40. The van der Waals surface area contributed by atoms with E-state index in [1.54, 1.807) is 0 Å². The van der Waals surface area contributed by atoms with Gasteiger partial charge in [-0.05, 0) is 13.8 Å². The van der Waals surface area contributed by atoms with Crippen molar-refractivity contribution in [3.05, 3.63) is 10.6 Å². The topological polar surface area (TPSA) is 74.3 Å². The van der Waals surface area contributed by atoms with E-state index in [0.717, 1.165) is 36.8 Å². The van der Waals surface area contributed by atoms with Crippen molar-refractivity contribution in [2.75, 3.05) is 43.2 Å². The third-order valence-electron chi connectivity index (χ3n) is 3.16. The molecule has 2 rings (SSSR count). The molecule has 0 unspecified atom stereocenters. The first kappa shape index (κ1) is 14.7. The second-order valence-electron chi connectivity index (χ2n) is 4.67. The number of anilines is 1. The number of nitrogens with zero attached hydrogens (tertiary/aromatic N) is 2. The van der Waals surface area contributed by atoms with Crippen molar-refractivity contribution in [3.63, 3.8) is 0 Å². The number of nitrogens with one attached hydrogen (secondary N) is 2. The molecule has 2 N–H and O–H groups in total. The lowest BCUT2D eigenvalue weighted by atomic mass is 10.4. The van der Waals surface area contributed by atoms with E-state index >= 15 is 0 Å². The van der Waals surface area contributed by atoms with Gasteiger partial charge in [-0.25, -0.2) is 13.4 Å². The Bertz CT molecular complexity index is 501. The van der Waals surface area contributed by atoms with Crippen LogP contribution in [0.2, 0.25) is 0 Å². The monoisotopic (exact) mass is 304 g/mol. The first-order valence-electron chi connectivity index (χ1n) is 6.34. The minimum Gasteiger partial charge on any atom is -0.314 e. The Hall–Kier alpha value is -0.700. The van der Waals surface area contributed by atoms with Crippen LogP contribution in [0.25, 0.3) is 0 Å². The Morgan fingerprint density at radius 2 is 2.05 bits per heavy atom. The quantitative estimate of drug-likeness (QED) is 0.824. The molecule has 0 amide bonds. The Kier molecular flexibility index (Phi) is 4.77. The van der Waals surface area contributed by atoms with Crippen molar-refractivity contribution in [3.8, 4) is 0 Å². The molecule has 0 spiro atoms. The minimum absolute atomic E-state index is 0.116. The zero-order valence-corrected chi connectivity index (χ0v) is 12.9. The van der Waals surface area contributed by atoms with Gasteiger partial charge in [0.05, 0.1) is 11.4 Å². The van der Waals surface area contributed by atoms with Gasteiger partial charge in [-0.15, -0.1) is 11.3 Å². The van der Waals surface area contributed by atoms with E-state index in [9.17, 15) is 8.42 Å². The lowest BCUT2D eigenvalue weighted by Crippen LogP contribution is -2.45. The minimum atomic E-state index is -3.30. The molecule has 0 bridgehead atoms. The Balaban J connectivity index is 1.87. The number of thiazole rings is 1. The average molecular weight is 304 g/mol. The standard InChI is InChI=1S/C11H20N4O2S2/c1-9-10(2)18-11(13-9)14-19(16,17)8-7-15-5-3-12-4-6-15/h12H,3-8H2,1-2H3,(H,13,14). The summed E-state index contributed by atoms with van der Waals surface area (Å²) in [6, 6.07) is 0. The third-order valence-corrected chi connectivity index (χ3v) is 5.50. The highest BCUT2D eigenvalue weighted by Gasteiger charge is 2.17. The predicted octanol–water partition coefficient (Wildman–Crippen LogP) is 0.407. The number of piperazine rings is 1. The van der Waals surface area contributed by atoms with Crippen LogP contribution >= 0.6 is 11.3 Å². The normalized spacial score (nSPS) is 17.6. The van der Waals surface area contributed by atoms with Crippen LogP contribution in [-0.4, -0.2) is 56.8 Å². The van der Waals surface area contributed by atoms with Crippen molar-refractivity contribution < 1.29 is 8.42 Å². The second kappa shape index (κ2) is 6.17. The van der Waals surface area contributed by atoms with Gasteiger partial charge in [0, 0.05) is 37.6 Å². The Morgan fingerprint density at radius 3 is 2.63 bits per heavy atom. The van der Waals surface area contributed by atoms with Crippen LogP contribution in [0.1, 0.15) is 10.6 Å². The number of sulfonamides is 1. The van der Waals surface area contributed by atoms with Crippen LogP contribution in [0, 0.1) is 13.8 Å². The van der Waals surface area contributed by atoms with E-state index in [1.807, 2.05) is 13.8 Å². The molecule has 6 nitrogen and oxygen atoms in total. The van der Waals surface area contributed by atoms with Crippen LogP contribution < -0.4 is 10.0 Å². The van der Waals surface area contributed by atoms with Gasteiger partial charge < -0.3 is 5.32 Å². The predicted molar refractivity (Wildman–Crippen MR) is 78.3 cm³/mol. The van der Waals surface area contributed by atoms with Crippen LogP contribution in [0.5, 0.6) is 0 Å². The number of aromatic nitrogens is 1. The molecule has 1 aromatic heterocycles. The first-order valence-corrected chi connectivity index (χ1v) is 8.81. The maximum absolute atomic E-state index is 12.0. The second-order valence-corrected chi connectivity index (χ2v) is 7.72. The summed E-state index contributed by atoms with van der Waals surface area (Å²) in [6.07, 6.45) is 0. The van der Waals surface area contributed by atoms with E-state index in [-0.39, 0.29) is 5.75 Å². The molecule has 1 aromatic rings. The fourth-order valence-electron chi connectivity index (χ4n) is 1.88. The summed E-state index contributed by atoms with van der Waals surface area (Å²) in [6.45, 7) is 8.06. The molecule has 108 valence electrons. The highest BCUT2D eigenvalue weighted by atomic mass is 32.2. The number of hydrogen-bond acceptors (Lipinski definition) is 6. The van der Waals surface area contributed by atoms with Crippen LogP contribution in [-0.2, 0) is 10.0 Å². The van der Waals surface area contributed by atoms with E-state index in [0.29, 0.717) is 11.7 Å². The fraction of sp³-hybridized carbons (Fsp3) is 0.727. The molecule has 19 heavy (non-hydrogen) atoms. The van der Waals surface area contributed by atoms with Crippen molar-refractivity contribution in [2.24, 2.45) is 0 Å². The van der Waals surface area contributed by atoms with Gasteiger partial charge in [-0.2, -0.15) is 0 Å². The fourth-order valence-corrected chi connectivity index (χ4v) is 4.01. The molecule has 8 heteroatoms. The summed E-state index contributed by atoms with van der Waals surface area (Å²) >= 11 is 1.38. The maximum Gasteiger partial charge on any atom is 0.235 e. The molecule has 0 saturated carbocycles. The summed E-state index contributed by atoms with van der Waals surface area (Å²) in [5.41, 5.74) is 0.879. The highest BCUT2D eigenvalue weighted by Crippen LogP contribution is 2.22. The van der Waals surface area contributed by atoms with E-state index < -0.39 is 10.0 Å². The lowest BCUT2D eigenvalue weighted by Gasteiger charge is -2.26. The molecule has 1 saturated heterocycles. The van der Waals surface area contributed by atoms with Crippen LogP contribution in [0.4, 0.5) is 5.13 Å². The van der Waals surface area contributed by atoms with E-state index in [1.165, 1.54) is 11.3 Å². The van der Waals surface area contributed by atoms with Crippen molar-refractivity contribution in [2.45, 2.75) is 13.8 Å². The van der Waals surface area contributed by atoms with Gasteiger partial charge in [0.15, 0.2) is 5.13 Å². The SMILES string of the molecule is Cc1nc(NS(=O)(=O)CCN2CCNCC2)sc1C. The molecule has 0 radical (unpaired) electrons. The Morgan fingerprint density at radius 1 is 1.37 bits per heavy atom.